The van der Waals surface area contributed by atoms with Crippen LogP contribution in [0.5, 0.6) is 0 Å². The van der Waals surface area contributed by atoms with Crippen LogP contribution >= 0.6 is 15.9 Å². The Hall–Kier alpha value is -1.28. The summed E-state index contributed by atoms with van der Waals surface area (Å²) in [6.45, 7) is 4.38. The minimum absolute atomic E-state index is 0.371. The molecule has 2 rings (SSSR count). The molecule has 0 radical (unpaired) electrons. The van der Waals surface area contributed by atoms with Crippen LogP contribution in [0.2, 0.25) is 0 Å². The SMILES string of the molecule is CCCCCC(Nc1cccc(C)c1Br)c1ccccc1. The molecule has 2 aromatic carbocycles. The van der Waals surface area contributed by atoms with Gasteiger partial charge >= 0.3 is 0 Å². The van der Waals surface area contributed by atoms with Gasteiger partial charge in [-0.2, -0.15) is 0 Å². The monoisotopic (exact) mass is 345 g/mol. The van der Waals surface area contributed by atoms with Crippen LogP contribution in [0.25, 0.3) is 0 Å². The van der Waals surface area contributed by atoms with E-state index in [1.54, 1.807) is 0 Å². The summed E-state index contributed by atoms with van der Waals surface area (Å²) in [7, 11) is 0. The van der Waals surface area contributed by atoms with Crippen LogP contribution in [0.15, 0.2) is 53.0 Å². The molecule has 112 valence electrons. The van der Waals surface area contributed by atoms with Crippen molar-refractivity contribution in [2.45, 2.75) is 45.6 Å². The highest BCUT2D eigenvalue weighted by Gasteiger charge is 2.12. The van der Waals surface area contributed by atoms with Gasteiger partial charge in [-0.05, 0) is 46.5 Å². The first-order chi connectivity index (χ1) is 10.2. The van der Waals surface area contributed by atoms with E-state index in [-0.39, 0.29) is 0 Å². The minimum Gasteiger partial charge on any atom is -0.377 e. The summed E-state index contributed by atoms with van der Waals surface area (Å²) in [4.78, 5) is 0. The average molecular weight is 346 g/mol. The summed E-state index contributed by atoms with van der Waals surface area (Å²) in [6.07, 6.45) is 4.97. The number of hydrogen-bond acceptors (Lipinski definition) is 1. The number of anilines is 1. The number of aryl methyl sites for hydroxylation is 1. The second-order valence-electron chi connectivity index (χ2n) is 5.54. The van der Waals surface area contributed by atoms with Crippen LogP contribution in [0.4, 0.5) is 5.69 Å². The first-order valence-corrected chi connectivity index (χ1v) is 8.58. The zero-order valence-electron chi connectivity index (χ0n) is 12.9. The summed E-state index contributed by atoms with van der Waals surface area (Å²) < 4.78 is 1.17. The smallest absolute Gasteiger partial charge is 0.0514 e. The quantitative estimate of drug-likeness (QED) is 0.565. The van der Waals surface area contributed by atoms with Gasteiger partial charge in [0.15, 0.2) is 0 Å². The van der Waals surface area contributed by atoms with Crippen molar-refractivity contribution >= 4 is 21.6 Å². The molecular formula is C19H24BrN. The molecular weight excluding hydrogens is 322 g/mol. The first-order valence-electron chi connectivity index (χ1n) is 7.79. The van der Waals surface area contributed by atoms with Crippen LogP contribution in [-0.2, 0) is 0 Å². The van der Waals surface area contributed by atoms with Gasteiger partial charge in [0.25, 0.3) is 0 Å². The van der Waals surface area contributed by atoms with Crippen LogP contribution in [0.3, 0.4) is 0 Å². The highest BCUT2D eigenvalue weighted by atomic mass is 79.9. The van der Waals surface area contributed by atoms with Gasteiger partial charge in [0.1, 0.15) is 0 Å². The first kappa shape index (κ1) is 16.1. The van der Waals surface area contributed by atoms with Crippen LogP contribution in [0, 0.1) is 6.92 Å². The van der Waals surface area contributed by atoms with Crippen molar-refractivity contribution in [3.63, 3.8) is 0 Å². The maximum absolute atomic E-state index is 3.72. The van der Waals surface area contributed by atoms with Gasteiger partial charge in [-0.3, -0.25) is 0 Å². The lowest BCUT2D eigenvalue weighted by Crippen LogP contribution is -2.11. The molecule has 1 N–H and O–H groups in total. The number of nitrogens with one attached hydrogen (secondary N) is 1. The van der Waals surface area contributed by atoms with Crippen LogP contribution in [0.1, 0.15) is 49.8 Å². The predicted octanol–water partition coefficient (Wildman–Crippen LogP) is 6.49. The van der Waals surface area contributed by atoms with Crippen molar-refractivity contribution in [2.24, 2.45) is 0 Å². The molecule has 0 aromatic heterocycles. The Morgan fingerprint density at radius 1 is 1.00 bits per heavy atom. The lowest BCUT2D eigenvalue weighted by Gasteiger charge is -2.22. The lowest BCUT2D eigenvalue weighted by atomic mass is 10.00. The largest absolute Gasteiger partial charge is 0.377 e. The van der Waals surface area contributed by atoms with E-state index in [1.165, 1.54) is 40.5 Å². The number of halogens is 1. The molecule has 1 atom stereocenters. The van der Waals surface area contributed by atoms with Crippen molar-refractivity contribution in [3.05, 3.63) is 64.1 Å². The van der Waals surface area contributed by atoms with E-state index in [4.69, 9.17) is 0 Å². The minimum atomic E-state index is 0.371. The molecule has 0 aliphatic rings. The van der Waals surface area contributed by atoms with E-state index in [9.17, 15) is 0 Å². The maximum atomic E-state index is 3.72. The summed E-state index contributed by atoms with van der Waals surface area (Å²) in [5, 5.41) is 3.72. The molecule has 1 nitrogen and oxygen atoms in total. The molecule has 2 aromatic rings. The molecule has 0 aliphatic carbocycles. The standard InChI is InChI=1S/C19H24BrN/c1-3-4-6-13-17(16-11-7-5-8-12-16)21-18-14-9-10-15(2)19(18)20/h5,7-12,14,17,21H,3-4,6,13H2,1-2H3. The fourth-order valence-corrected chi connectivity index (χ4v) is 2.93. The second-order valence-corrected chi connectivity index (χ2v) is 6.33. The van der Waals surface area contributed by atoms with Gasteiger partial charge in [0, 0.05) is 10.2 Å². The van der Waals surface area contributed by atoms with E-state index in [1.807, 2.05) is 0 Å². The zero-order valence-corrected chi connectivity index (χ0v) is 14.5. The van der Waals surface area contributed by atoms with Gasteiger partial charge in [0.2, 0.25) is 0 Å². The molecule has 0 amide bonds. The van der Waals surface area contributed by atoms with E-state index in [0.29, 0.717) is 6.04 Å². The van der Waals surface area contributed by atoms with Gasteiger partial charge in [-0.15, -0.1) is 0 Å². The average Bonchev–Trinajstić information content (AvgIpc) is 2.51. The molecule has 0 bridgehead atoms. The number of unbranched alkanes of at least 4 members (excludes halogenated alkanes) is 2. The third-order valence-corrected chi connectivity index (χ3v) is 4.87. The summed E-state index contributed by atoms with van der Waals surface area (Å²) in [5.74, 6) is 0. The topological polar surface area (TPSA) is 12.0 Å². The molecule has 0 aliphatic heterocycles. The van der Waals surface area contributed by atoms with Crippen molar-refractivity contribution in [1.82, 2.24) is 0 Å². The van der Waals surface area contributed by atoms with Gasteiger partial charge < -0.3 is 5.32 Å². The molecule has 0 saturated heterocycles. The van der Waals surface area contributed by atoms with Gasteiger partial charge in [-0.1, -0.05) is 68.7 Å². The van der Waals surface area contributed by atoms with Crippen molar-refractivity contribution in [1.29, 1.82) is 0 Å². The Morgan fingerprint density at radius 2 is 1.76 bits per heavy atom. The fraction of sp³-hybridized carbons (Fsp3) is 0.368. The Bertz CT molecular complexity index is 551. The zero-order chi connectivity index (χ0) is 15.1. The van der Waals surface area contributed by atoms with E-state index in [0.717, 1.165) is 6.42 Å². The third-order valence-electron chi connectivity index (χ3n) is 3.82. The normalized spacial score (nSPS) is 12.1. The van der Waals surface area contributed by atoms with Crippen molar-refractivity contribution in [2.75, 3.05) is 5.32 Å². The summed E-state index contributed by atoms with van der Waals surface area (Å²) in [5.41, 5.74) is 3.81. The molecule has 0 saturated carbocycles. The molecule has 21 heavy (non-hydrogen) atoms. The summed E-state index contributed by atoms with van der Waals surface area (Å²) >= 11 is 3.70. The highest BCUT2D eigenvalue weighted by molar-refractivity contribution is 9.10. The Balaban J connectivity index is 2.17. The Kier molecular flexibility index (Phi) is 6.31. The van der Waals surface area contributed by atoms with Crippen LogP contribution < -0.4 is 5.32 Å². The van der Waals surface area contributed by atoms with E-state index >= 15 is 0 Å². The van der Waals surface area contributed by atoms with E-state index < -0.39 is 0 Å². The molecule has 0 spiro atoms. The highest BCUT2D eigenvalue weighted by Crippen LogP contribution is 2.31. The molecule has 1 unspecified atom stereocenters. The maximum Gasteiger partial charge on any atom is 0.0514 e. The molecule has 2 heteroatoms. The number of rotatable bonds is 7. The second kappa shape index (κ2) is 8.23. The van der Waals surface area contributed by atoms with Gasteiger partial charge in [-0.25, -0.2) is 0 Å². The van der Waals surface area contributed by atoms with Gasteiger partial charge in [0.05, 0.1) is 6.04 Å². The predicted molar refractivity (Wildman–Crippen MR) is 95.8 cm³/mol. The Morgan fingerprint density at radius 3 is 2.48 bits per heavy atom. The van der Waals surface area contributed by atoms with Crippen molar-refractivity contribution in [3.8, 4) is 0 Å². The van der Waals surface area contributed by atoms with E-state index in [2.05, 4.69) is 83.6 Å². The molecule has 0 fully saturated rings. The number of hydrogen-bond donors (Lipinski definition) is 1. The Labute approximate surface area is 136 Å². The third kappa shape index (κ3) is 4.60. The number of benzene rings is 2. The van der Waals surface area contributed by atoms with Crippen LogP contribution in [-0.4, -0.2) is 0 Å². The fourth-order valence-electron chi connectivity index (χ4n) is 2.55. The summed E-state index contributed by atoms with van der Waals surface area (Å²) in [6, 6.07) is 17.5. The van der Waals surface area contributed by atoms with Crippen molar-refractivity contribution < 1.29 is 0 Å². The molecule has 0 heterocycles. The lowest BCUT2D eigenvalue weighted by molar-refractivity contribution is 0.606.